The van der Waals surface area contributed by atoms with Crippen LogP contribution in [0, 0.1) is 6.92 Å². The number of hydrogen-bond donors (Lipinski definition) is 0. The highest BCUT2D eigenvalue weighted by Gasteiger charge is 2.16. The molecule has 0 spiro atoms. The largest absolute Gasteiger partial charge is 0.494 e. The van der Waals surface area contributed by atoms with Gasteiger partial charge in [-0.25, -0.2) is 0 Å². The Kier molecular flexibility index (Phi) is 5.31. The van der Waals surface area contributed by atoms with Gasteiger partial charge in [-0.2, -0.15) is 0 Å². The van der Waals surface area contributed by atoms with Gasteiger partial charge in [0.05, 0.1) is 24.1 Å². The third-order valence-corrected chi connectivity index (χ3v) is 5.05. The minimum Gasteiger partial charge on any atom is -0.494 e. The quantitative estimate of drug-likeness (QED) is 0.453. The number of hydrogen-bond acceptors (Lipinski definition) is 5. The predicted molar refractivity (Wildman–Crippen MR) is 113 cm³/mol. The fourth-order valence-corrected chi connectivity index (χ4v) is 3.52. The Balaban J connectivity index is 1.51. The molecule has 0 atom stereocenters. The molecule has 7 nitrogen and oxygen atoms in total. The highest BCUT2D eigenvalue weighted by molar-refractivity contribution is 5.81. The lowest BCUT2D eigenvalue weighted by Crippen LogP contribution is -2.24. The standard InChI is InChI=1S/C22H25N5O2/c1-16-10-11-19-18(14-16)21(28)26(3)22-24-23-20(27(19)22)15-25(2)12-7-13-29-17-8-5-4-6-9-17/h4-6,8-11,14H,7,12-13,15H2,1-3H3. The third kappa shape index (κ3) is 3.86. The van der Waals surface area contributed by atoms with Gasteiger partial charge in [-0.3, -0.25) is 18.7 Å². The molecule has 2 aromatic heterocycles. The molecule has 0 amide bonds. The molecule has 0 aliphatic rings. The molecule has 4 aromatic rings. The predicted octanol–water partition coefficient (Wildman–Crippen LogP) is 2.79. The van der Waals surface area contributed by atoms with E-state index in [0.29, 0.717) is 24.3 Å². The van der Waals surface area contributed by atoms with Gasteiger partial charge in [0.1, 0.15) is 5.75 Å². The molecule has 0 N–H and O–H groups in total. The second-order valence-corrected chi connectivity index (χ2v) is 7.39. The SMILES string of the molecule is Cc1ccc2c(c1)c(=O)n(C)c1nnc(CN(C)CCCOc3ccccc3)n21. The number of ether oxygens (including phenoxy) is 1. The Bertz CT molecular complexity index is 1200. The van der Waals surface area contributed by atoms with Gasteiger partial charge in [-0.1, -0.05) is 29.8 Å². The van der Waals surface area contributed by atoms with Crippen molar-refractivity contribution in [3.05, 3.63) is 70.3 Å². The van der Waals surface area contributed by atoms with Crippen LogP contribution in [0.5, 0.6) is 5.75 Å². The molecule has 0 saturated heterocycles. The molecule has 2 heterocycles. The highest BCUT2D eigenvalue weighted by Crippen LogP contribution is 2.16. The van der Waals surface area contributed by atoms with Crippen LogP contribution in [-0.4, -0.2) is 44.3 Å². The minimum absolute atomic E-state index is 0.0541. The zero-order valence-corrected chi connectivity index (χ0v) is 17.0. The Morgan fingerprint density at radius 1 is 1.10 bits per heavy atom. The Morgan fingerprint density at radius 2 is 1.90 bits per heavy atom. The van der Waals surface area contributed by atoms with Gasteiger partial charge in [-0.05, 0) is 44.7 Å². The summed E-state index contributed by atoms with van der Waals surface area (Å²) in [5, 5.41) is 9.31. The summed E-state index contributed by atoms with van der Waals surface area (Å²) in [6, 6.07) is 15.7. The van der Waals surface area contributed by atoms with E-state index in [1.165, 1.54) is 0 Å². The van der Waals surface area contributed by atoms with Crippen molar-refractivity contribution >= 4 is 16.7 Å². The lowest BCUT2D eigenvalue weighted by Gasteiger charge is -2.16. The third-order valence-electron chi connectivity index (χ3n) is 5.05. The van der Waals surface area contributed by atoms with E-state index < -0.39 is 0 Å². The van der Waals surface area contributed by atoms with Crippen molar-refractivity contribution in [2.75, 3.05) is 20.2 Å². The van der Waals surface area contributed by atoms with E-state index in [2.05, 4.69) is 22.1 Å². The lowest BCUT2D eigenvalue weighted by molar-refractivity contribution is 0.255. The van der Waals surface area contributed by atoms with Crippen LogP contribution in [0.3, 0.4) is 0 Å². The number of benzene rings is 2. The summed E-state index contributed by atoms with van der Waals surface area (Å²) in [6.45, 7) is 4.14. The van der Waals surface area contributed by atoms with E-state index in [0.717, 1.165) is 35.6 Å². The van der Waals surface area contributed by atoms with Gasteiger partial charge in [0.25, 0.3) is 5.56 Å². The normalized spacial score (nSPS) is 11.6. The number of rotatable bonds is 7. The number of aromatic nitrogens is 4. The van der Waals surface area contributed by atoms with Crippen LogP contribution in [0.15, 0.2) is 53.3 Å². The fourth-order valence-electron chi connectivity index (χ4n) is 3.52. The van der Waals surface area contributed by atoms with E-state index in [9.17, 15) is 4.79 Å². The fraction of sp³-hybridized carbons (Fsp3) is 0.318. The average Bonchev–Trinajstić information content (AvgIpc) is 3.14. The number of para-hydroxylation sites is 1. The van der Waals surface area contributed by atoms with Crippen LogP contribution in [0.4, 0.5) is 0 Å². The smallest absolute Gasteiger partial charge is 0.262 e. The van der Waals surface area contributed by atoms with E-state index in [1.54, 1.807) is 11.6 Å². The van der Waals surface area contributed by atoms with Gasteiger partial charge < -0.3 is 4.74 Å². The Labute approximate surface area is 169 Å². The maximum atomic E-state index is 12.7. The topological polar surface area (TPSA) is 64.7 Å². The first-order valence-electron chi connectivity index (χ1n) is 9.74. The molecular formula is C22H25N5O2. The number of aryl methyl sites for hydroxylation is 2. The molecule has 29 heavy (non-hydrogen) atoms. The minimum atomic E-state index is -0.0541. The summed E-state index contributed by atoms with van der Waals surface area (Å²) < 4.78 is 9.30. The van der Waals surface area contributed by atoms with Crippen molar-refractivity contribution in [1.29, 1.82) is 0 Å². The first kappa shape index (κ1) is 19.1. The second-order valence-electron chi connectivity index (χ2n) is 7.39. The van der Waals surface area contributed by atoms with Crippen LogP contribution >= 0.6 is 0 Å². The molecule has 4 rings (SSSR count). The maximum absolute atomic E-state index is 12.7. The first-order chi connectivity index (χ1) is 14.0. The molecular weight excluding hydrogens is 366 g/mol. The van der Waals surface area contributed by atoms with Gasteiger partial charge >= 0.3 is 0 Å². The molecule has 2 aromatic carbocycles. The van der Waals surface area contributed by atoms with Crippen molar-refractivity contribution in [3.63, 3.8) is 0 Å². The van der Waals surface area contributed by atoms with Crippen molar-refractivity contribution in [2.45, 2.75) is 19.9 Å². The lowest BCUT2D eigenvalue weighted by atomic mass is 10.1. The summed E-state index contributed by atoms with van der Waals surface area (Å²) in [5.41, 5.74) is 1.84. The molecule has 0 radical (unpaired) electrons. The zero-order valence-electron chi connectivity index (χ0n) is 17.0. The summed E-state index contributed by atoms with van der Waals surface area (Å²) in [7, 11) is 3.79. The van der Waals surface area contributed by atoms with Gasteiger partial charge in [0.15, 0.2) is 5.82 Å². The first-order valence-corrected chi connectivity index (χ1v) is 9.74. The number of nitrogens with zero attached hydrogens (tertiary/aromatic N) is 5. The van der Waals surface area contributed by atoms with Crippen molar-refractivity contribution < 1.29 is 4.74 Å². The summed E-state index contributed by atoms with van der Waals surface area (Å²) in [4.78, 5) is 14.9. The van der Waals surface area contributed by atoms with E-state index in [-0.39, 0.29) is 5.56 Å². The summed E-state index contributed by atoms with van der Waals surface area (Å²) >= 11 is 0. The number of fused-ring (bicyclic) bond motifs is 3. The Hall–Kier alpha value is -3.19. The van der Waals surface area contributed by atoms with Crippen LogP contribution < -0.4 is 10.3 Å². The van der Waals surface area contributed by atoms with Crippen molar-refractivity contribution in [1.82, 2.24) is 24.1 Å². The van der Waals surface area contributed by atoms with E-state index in [1.807, 2.05) is 59.9 Å². The highest BCUT2D eigenvalue weighted by atomic mass is 16.5. The van der Waals surface area contributed by atoms with Crippen LogP contribution in [0.25, 0.3) is 16.7 Å². The Morgan fingerprint density at radius 3 is 2.69 bits per heavy atom. The summed E-state index contributed by atoms with van der Waals surface area (Å²) in [5.74, 6) is 2.26. The van der Waals surface area contributed by atoms with Crippen LogP contribution in [0.1, 0.15) is 17.8 Å². The molecule has 0 bridgehead atoms. The monoisotopic (exact) mass is 391 g/mol. The molecule has 150 valence electrons. The van der Waals surface area contributed by atoms with Gasteiger partial charge in [-0.15, -0.1) is 10.2 Å². The van der Waals surface area contributed by atoms with E-state index >= 15 is 0 Å². The molecule has 0 saturated carbocycles. The molecule has 0 aliphatic heterocycles. The molecule has 0 unspecified atom stereocenters. The average molecular weight is 391 g/mol. The zero-order chi connectivity index (χ0) is 20.4. The van der Waals surface area contributed by atoms with Gasteiger partial charge in [0.2, 0.25) is 5.78 Å². The van der Waals surface area contributed by atoms with Crippen molar-refractivity contribution in [2.24, 2.45) is 7.05 Å². The van der Waals surface area contributed by atoms with Crippen molar-refractivity contribution in [3.8, 4) is 5.75 Å². The maximum Gasteiger partial charge on any atom is 0.262 e. The molecule has 0 aliphatic carbocycles. The van der Waals surface area contributed by atoms with Gasteiger partial charge in [0, 0.05) is 13.6 Å². The van der Waals surface area contributed by atoms with E-state index in [4.69, 9.17) is 4.74 Å². The van der Waals surface area contributed by atoms with Crippen LogP contribution in [-0.2, 0) is 13.6 Å². The van der Waals surface area contributed by atoms with Crippen LogP contribution in [0.2, 0.25) is 0 Å². The summed E-state index contributed by atoms with van der Waals surface area (Å²) in [6.07, 6.45) is 0.903. The second kappa shape index (κ2) is 8.05. The molecule has 7 heteroatoms. The molecule has 0 fully saturated rings.